The number of carboxylic acid groups (broad SMARTS) is 1. The highest BCUT2D eigenvalue weighted by molar-refractivity contribution is 6.29. The number of carbonyl (C=O) groups excluding carboxylic acids is 1. The van der Waals surface area contributed by atoms with Crippen LogP contribution in [0.4, 0.5) is 0 Å². The van der Waals surface area contributed by atoms with Crippen molar-refractivity contribution >= 4 is 23.5 Å². The maximum atomic E-state index is 11.6. The number of hydrogen-bond donors (Lipinski definition) is 2. The molecule has 7 heteroatoms. The first-order valence-corrected chi connectivity index (χ1v) is 6.44. The number of rotatable bonds is 6. The van der Waals surface area contributed by atoms with E-state index < -0.39 is 5.97 Å². The molecule has 0 aliphatic carbocycles. The normalized spacial score (nSPS) is 10.1. The van der Waals surface area contributed by atoms with E-state index in [1.54, 1.807) is 12.1 Å². The van der Waals surface area contributed by atoms with Crippen molar-refractivity contribution in [1.82, 2.24) is 5.32 Å². The molecule has 1 aromatic heterocycles. The molecule has 0 bridgehead atoms. The number of ether oxygens (including phenoxy) is 1. The molecule has 0 atom stereocenters. The molecule has 0 saturated heterocycles. The predicted molar refractivity (Wildman–Crippen MR) is 74.9 cm³/mol. The lowest BCUT2D eigenvalue weighted by Gasteiger charge is -2.07. The fourth-order valence-electron chi connectivity index (χ4n) is 1.55. The monoisotopic (exact) mass is 309 g/mol. The van der Waals surface area contributed by atoms with Gasteiger partial charge in [0.25, 0.3) is 5.91 Å². The van der Waals surface area contributed by atoms with Crippen LogP contribution in [0.1, 0.15) is 20.9 Å². The molecule has 0 radical (unpaired) electrons. The molecule has 110 valence electrons. The maximum Gasteiger partial charge on any atom is 0.335 e. The highest BCUT2D eigenvalue weighted by Crippen LogP contribution is 2.13. The highest BCUT2D eigenvalue weighted by Gasteiger charge is 2.09. The van der Waals surface area contributed by atoms with Crippen LogP contribution in [0.5, 0.6) is 5.75 Å². The number of hydrogen-bond acceptors (Lipinski definition) is 4. The second-order valence-corrected chi connectivity index (χ2v) is 4.41. The van der Waals surface area contributed by atoms with E-state index in [0.29, 0.717) is 5.75 Å². The summed E-state index contributed by atoms with van der Waals surface area (Å²) >= 11 is 5.57. The summed E-state index contributed by atoms with van der Waals surface area (Å²) in [4.78, 5) is 22.3. The number of nitrogens with one attached hydrogen (secondary N) is 1. The van der Waals surface area contributed by atoms with Crippen molar-refractivity contribution in [2.45, 2.75) is 0 Å². The lowest BCUT2D eigenvalue weighted by atomic mass is 10.2. The Morgan fingerprint density at radius 2 is 1.90 bits per heavy atom. The smallest absolute Gasteiger partial charge is 0.335 e. The Labute approximate surface area is 125 Å². The third-order valence-electron chi connectivity index (χ3n) is 2.55. The zero-order valence-electron chi connectivity index (χ0n) is 10.8. The molecule has 2 rings (SSSR count). The van der Waals surface area contributed by atoms with Crippen LogP contribution >= 0.6 is 11.6 Å². The van der Waals surface area contributed by atoms with Gasteiger partial charge in [0.15, 0.2) is 11.0 Å². The summed E-state index contributed by atoms with van der Waals surface area (Å²) in [6.07, 6.45) is 0. The summed E-state index contributed by atoms with van der Waals surface area (Å²) in [7, 11) is 0. The van der Waals surface area contributed by atoms with Gasteiger partial charge in [-0.3, -0.25) is 4.79 Å². The van der Waals surface area contributed by atoms with E-state index in [0.717, 1.165) is 0 Å². The average molecular weight is 310 g/mol. The Morgan fingerprint density at radius 3 is 2.48 bits per heavy atom. The van der Waals surface area contributed by atoms with Gasteiger partial charge < -0.3 is 19.6 Å². The second-order valence-electron chi connectivity index (χ2n) is 4.04. The number of halogens is 1. The molecule has 0 saturated carbocycles. The van der Waals surface area contributed by atoms with Crippen LogP contribution < -0.4 is 10.1 Å². The first-order chi connectivity index (χ1) is 10.1. The van der Waals surface area contributed by atoms with Crippen LogP contribution in [-0.2, 0) is 0 Å². The highest BCUT2D eigenvalue weighted by atomic mass is 35.5. The number of furan rings is 1. The van der Waals surface area contributed by atoms with Crippen LogP contribution in [0, 0.1) is 0 Å². The molecule has 21 heavy (non-hydrogen) atoms. The van der Waals surface area contributed by atoms with Crippen molar-refractivity contribution in [3.8, 4) is 5.75 Å². The fraction of sp³-hybridized carbons (Fsp3) is 0.143. The first-order valence-electron chi connectivity index (χ1n) is 6.06. The molecule has 0 fully saturated rings. The van der Waals surface area contributed by atoms with Crippen LogP contribution in [-0.4, -0.2) is 30.1 Å². The van der Waals surface area contributed by atoms with Crippen molar-refractivity contribution in [2.24, 2.45) is 0 Å². The van der Waals surface area contributed by atoms with E-state index in [4.69, 9.17) is 25.9 Å². The molecule has 1 aromatic carbocycles. The van der Waals surface area contributed by atoms with Gasteiger partial charge in [0, 0.05) is 0 Å². The Morgan fingerprint density at radius 1 is 1.19 bits per heavy atom. The summed E-state index contributed by atoms with van der Waals surface area (Å²) in [5, 5.41) is 11.5. The SMILES string of the molecule is O=C(O)c1ccc(OCCNC(=O)c2ccc(Cl)o2)cc1. The lowest BCUT2D eigenvalue weighted by Crippen LogP contribution is -2.27. The Kier molecular flexibility index (Phi) is 4.84. The van der Waals surface area contributed by atoms with Gasteiger partial charge in [-0.05, 0) is 48.0 Å². The van der Waals surface area contributed by atoms with Crippen LogP contribution in [0.15, 0.2) is 40.8 Å². The van der Waals surface area contributed by atoms with E-state index in [1.165, 1.54) is 24.3 Å². The zero-order chi connectivity index (χ0) is 15.2. The molecule has 1 amide bonds. The minimum Gasteiger partial charge on any atom is -0.492 e. The Balaban J connectivity index is 1.74. The quantitative estimate of drug-likeness (QED) is 0.800. The van der Waals surface area contributed by atoms with Gasteiger partial charge in [0.2, 0.25) is 0 Å². The number of carbonyl (C=O) groups is 2. The van der Waals surface area contributed by atoms with Gasteiger partial charge in [-0.2, -0.15) is 0 Å². The van der Waals surface area contributed by atoms with Crippen molar-refractivity contribution in [2.75, 3.05) is 13.2 Å². The van der Waals surface area contributed by atoms with Crippen molar-refractivity contribution < 1.29 is 23.8 Å². The fourth-order valence-corrected chi connectivity index (χ4v) is 1.70. The third kappa shape index (κ3) is 4.25. The Hall–Kier alpha value is -2.47. The summed E-state index contributed by atoms with van der Waals surface area (Å²) in [6, 6.07) is 8.96. The standard InChI is InChI=1S/C14H12ClNO5/c15-12-6-5-11(21-12)13(17)16-7-8-20-10-3-1-9(2-4-10)14(18)19/h1-6H,7-8H2,(H,16,17)(H,18,19). The zero-order valence-corrected chi connectivity index (χ0v) is 11.6. The number of benzene rings is 1. The van der Waals surface area contributed by atoms with Crippen LogP contribution in [0.3, 0.4) is 0 Å². The molecule has 0 spiro atoms. The first kappa shape index (κ1) is 14.9. The summed E-state index contributed by atoms with van der Waals surface area (Å²) < 4.78 is 10.3. The van der Waals surface area contributed by atoms with Gasteiger partial charge in [-0.1, -0.05) is 0 Å². The molecule has 1 heterocycles. The van der Waals surface area contributed by atoms with Gasteiger partial charge in [-0.25, -0.2) is 4.79 Å². The molecule has 6 nitrogen and oxygen atoms in total. The minimum absolute atomic E-state index is 0.130. The van der Waals surface area contributed by atoms with E-state index >= 15 is 0 Å². The second kappa shape index (κ2) is 6.81. The average Bonchev–Trinajstić information content (AvgIpc) is 2.90. The van der Waals surface area contributed by atoms with E-state index in [2.05, 4.69) is 5.32 Å². The van der Waals surface area contributed by atoms with Gasteiger partial charge in [0.1, 0.15) is 12.4 Å². The summed E-state index contributed by atoms with van der Waals surface area (Å²) in [6.45, 7) is 0.518. The Bertz CT molecular complexity index is 635. The minimum atomic E-state index is -0.995. The number of amides is 1. The van der Waals surface area contributed by atoms with Crippen LogP contribution in [0.25, 0.3) is 0 Å². The lowest BCUT2D eigenvalue weighted by molar-refractivity contribution is 0.0696. The number of aromatic carboxylic acids is 1. The largest absolute Gasteiger partial charge is 0.492 e. The van der Waals surface area contributed by atoms with Gasteiger partial charge in [-0.15, -0.1) is 0 Å². The maximum absolute atomic E-state index is 11.6. The van der Waals surface area contributed by atoms with Crippen molar-refractivity contribution in [3.05, 3.63) is 52.9 Å². The molecule has 0 aliphatic heterocycles. The van der Waals surface area contributed by atoms with E-state index in [9.17, 15) is 9.59 Å². The van der Waals surface area contributed by atoms with Gasteiger partial charge >= 0.3 is 5.97 Å². The molecular formula is C14H12ClNO5. The molecule has 2 N–H and O–H groups in total. The van der Waals surface area contributed by atoms with E-state index in [1.807, 2.05) is 0 Å². The number of carboxylic acids is 1. The molecular weight excluding hydrogens is 298 g/mol. The summed E-state index contributed by atoms with van der Waals surface area (Å²) in [5.74, 6) is -0.723. The molecule has 0 aliphatic rings. The van der Waals surface area contributed by atoms with Crippen LogP contribution in [0.2, 0.25) is 5.22 Å². The summed E-state index contributed by atoms with van der Waals surface area (Å²) in [5.41, 5.74) is 0.186. The van der Waals surface area contributed by atoms with Crippen molar-refractivity contribution in [3.63, 3.8) is 0 Å². The van der Waals surface area contributed by atoms with E-state index in [-0.39, 0.29) is 35.6 Å². The molecule has 2 aromatic rings. The molecule has 0 unspecified atom stereocenters. The topological polar surface area (TPSA) is 88.8 Å². The predicted octanol–water partition coefficient (Wildman–Crippen LogP) is 2.44. The van der Waals surface area contributed by atoms with Gasteiger partial charge in [0.05, 0.1) is 12.1 Å². The third-order valence-corrected chi connectivity index (χ3v) is 2.76. The van der Waals surface area contributed by atoms with Crippen molar-refractivity contribution in [1.29, 1.82) is 0 Å².